The Morgan fingerprint density at radius 1 is 1.28 bits per heavy atom. The van der Waals surface area contributed by atoms with Crippen LogP contribution in [0.5, 0.6) is 0 Å². The van der Waals surface area contributed by atoms with Gasteiger partial charge in [0.2, 0.25) is 0 Å². The zero-order valence-electron chi connectivity index (χ0n) is 10.1. The van der Waals surface area contributed by atoms with Gasteiger partial charge in [0.15, 0.2) is 0 Å². The van der Waals surface area contributed by atoms with Gasteiger partial charge < -0.3 is 5.73 Å². The lowest BCUT2D eigenvalue weighted by atomic mass is 10.0. The minimum atomic E-state index is 0.280. The van der Waals surface area contributed by atoms with E-state index in [0.717, 1.165) is 16.9 Å². The Balaban J connectivity index is 2.43. The minimum absolute atomic E-state index is 0.280. The second-order valence-electron chi connectivity index (χ2n) is 3.69. The summed E-state index contributed by atoms with van der Waals surface area (Å²) >= 11 is 1.79. The average Bonchev–Trinajstić information content (AvgIpc) is 2.40. The van der Waals surface area contributed by atoms with E-state index >= 15 is 0 Å². The molecule has 90 valence electrons. The van der Waals surface area contributed by atoms with Crippen molar-refractivity contribution in [3.63, 3.8) is 0 Å². The van der Waals surface area contributed by atoms with Gasteiger partial charge in [0.25, 0.3) is 0 Å². The van der Waals surface area contributed by atoms with Crippen molar-refractivity contribution in [1.29, 1.82) is 5.26 Å². The maximum atomic E-state index is 9.13. The number of rotatable bonds is 3. The lowest BCUT2D eigenvalue weighted by Crippen LogP contribution is -1.96. The van der Waals surface area contributed by atoms with E-state index in [2.05, 4.69) is 30.1 Å². The summed E-state index contributed by atoms with van der Waals surface area (Å²) in [5.41, 5.74) is 7.97. The fraction of sp³-hybridized carbons (Fsp3) is 0.143. The minimum Gasteiger partial charge on any atom is -0.383 e. The van der Waals surface area contributed by atoms with Crippen LogP contribution < -0.4 is 5.73 Å². The van der Waals surface area contributed by atoms with Crippen LogP contribution in [0, 0.1) is 11.3 Å². The molecule has 3 nitrogen and oxygen atoms in total. The van der Waals surface area contributed by atoms with Crippen LogP contribution in [0.1, 0.15) is 12.5 Å². The van der Waals surface area contributed by atoms with Crippen molar-refractivity contribution >= 4 is 17.6 Å². The average molecular weight is 255 g/mol. The molecular weight excluding hydrogens is 242 g/mol. The van der Waals surface area contributed by atoms with Gasteiger partial charge in [-0.1, -0.05) is 19.1 Å². The summed E-state index contributed by atoms with van der Waals surface area (Å²) in [4.78, 5) is 5.16. The smallest absolute Gasteiger partial charge is 0.141 e. The normalized spacial score (nSPS) is 10.0. The Bertz CT molecular complexity index is 585. The summed E-state index contributed by atoms with van der Waals surface area (Å²) in [5.74, 6) is 1.33. The maximum Gasteiger partial charge on any atom is 0.141 e. The third-order valence-electron chi connectivity index (χ3n) is 2.57. The fourth-order valence-electron chi connectivity index (χ4n) is 1.73. The van der Waals surface area contributed by atoms with Crippen LogP contribution >= 0.6 is 11.8 Å². The molecule has 1 aromatic heterocycles. The third kappa shape index (κ3) is 2.47. The Labute approximate surface area is 111 Å². The summed E-state index contributed by atoms with van der Waals surface area (Å²) in [6, 6.07) is 12.1. The van der Waals surface area contributed by atoms with Gasteiger partial charge in [-0.3, -0.25) is 0 Å². The van der Waals surface area contributed by atoms with Gasteiger partial charge in [-0.05, 0) is 29.5 Å². The standard InChI is InChI=1S/C14H13N3S/c1-2-18-11-5-3-10(4-6-11)12-7-8-17-14(16)13(12)9-15/h3-8H,2H2,1H3,(H2,16,17). The maximum absolute atomic E-state index is 9.13. The van der Waals surface area contributed by atoms with Gasteiger partial charge in [-0.15, -0.1) is 11.8 Å². The zero-order valence-corrected chi connectivity index (χ0v) is 10.9. The first-order chi connectivity index (χ1) is 8.76. The lowest BCUT2D eigenvalue weighted by Gasteiger charge is -2.06. The fourth-order valence-corrected chi connectivity index (χ4v) is 2.40. The second-order valence-corrected chi connectivity index (χ2v) is 5.03. The number of hydrogen-bond donors (Lipinski definition) is 1. The molecule has 1 aromatic carbocycles. The summed E-state index contributed by atoms with van der Waals surface area (Å²) in [7, 11) is 0. The molecule has 0 spiro atoms. The third-order valence-corrected chi connectivity index (χ3v) is 3.46. The highest BCUT2D eigenvalue weighted by Crippen LogP contribution is 2.28. The Morgan fingerprint density at radius 2 is 2.00 bits per heavy atom. The number of hydrogen-bond acceptors (Lipinski definition) is 4. The number of thioether (sulfide) groups is 1. The van der Waals surface area contributed by atoms with E-state index in [-0.39, 0.29) is 5.82 Å². The molecule has 0 radical (unpaired) electrons. The van der Waals surface area contributed by atoms with Crippen molar-refractivity contribution in [2.75, 3.05) is 11.5 Å². The Hall–Kier alpha value is -1.99. The molecule has 0 aliphatic rings. The summed E-state index contributed by atoms with van der Waals surface area (Å²) in [6.45, 7) is 2.12. The molecule has 0 fully saturated rings. The number of benzene rings is 1. The van der Waals surface area contributed by atoms with Crippen LogP contribution in [0.2, 0.25) is 0 Å². The van der Waals surface area contributed by atoms with Crippen LogP contribution in [-0.4, -0.2) is 10.7 Å². The number of nitriles is 1. The van der Waals surface area contributed by atoms with Gasteiger partial charge in [-0.2, -0.15) is 5.26 Å². The van der Waals surface area contributed by atoms with E-state index in [4.69, 9.17) is 11.0 Å². The number of nitrogens with zero attached hydrogens (tertiary/aromatic N) is 2. The summed E-state index contributed by atoms with van der Waals surface area (Å²) < 4.78 is 0. The SMILES string of the molecule is CCSc1ccc(-c2ccnc(N)c2C#N)cc1. The highest BCUT2D eigenvalue weighted by Gasteiger charge is 2.08. The predicted molar refractivity (Wildman–Crippen MR) is 75.2 cm³/mol. The highest BCUT2D eigenvalue weighted by molar-refractivity contribution is 7.99. The molecule has 0 amide bonds. The van der Waals surface area contributed by atoms with E-state index in [1.54, 1.807) is 18.0 Å². The number of anilines is 1. The van der Waals surface area contributed by atoms with E-state index in [1.165, 1.54) is 4.90 Å². The first kappa shape index (κ1) is 12.5. The summed E-state index contributed by atoms with van der Waals surface area (Å²) in [5, 5.41) is 9.13. The molecule has 0 unspecified atom stereocenters. The zero-order chi connectivity index (χ0) is 13.0. The highest BCUT2D eigenvalue weighted by atomic mass is 32.2. The molecule has 18 heavy (non-hydrogen) atoms. The molecule has 1 heterocycles. The van der Waals surface area contributed by atoms with Crippen molar-refractivity contribution in [2.24, 2.45) is 0 Å². The monoisotopic (exact) mass is 255 g/mol. The van der Waals surface area contributed by atoms with Gasteiger partial charge in [-0.25, -0.2) is 4.98 Å². The second kappa shape index (κ2) is 5.56. The van der Waals surface area contributed by atoms with E-state index in [9.17, 15) is 0 Å². The molecule has 2 rings (SSSR count). The van der Waals surface area contributed by atoms with Gasteiger partial charge >= 0.3 is 0 Å². The van der Waals surface area contributed by atoms with Crippen LogP contribution in [0.25, 0.3) is 11.1 Å². The van der Waals surface area contributed by atoms with Crippen molar-refractivity contribution < 1.29 is 0 Å². The molecule has 2 N–H and O–H groups in total. The van der Waals surface area contributed by atoms with Crippen molar-refractivity contribution in [3.05, 3.63) is 42.1 Å². The lowest BCUT2D eigenvalue weighted by molar-refractivity contribution is 1.31. The first-order valence-electron chi connectivity index (χ1n) is 5.64. The molecule has 0 bridgehead atoms. The molecule has 0 aliphatic heterocycles. The van der Waals surface area contributed by atoms with E-state index < -0.39 is 0 Å². The van der Waals surface area contributed by atoms with Crippen molar-refractivity contribution in [2.45, 2.75) is 11.8 Å². The number of nitrogen functional groups attached to an aromatic ring is 1. The van der Waals surface area contributed by atoms with Gasteiger partial charge in [0.05, 0.1) is 0 Å². The van der Waals surface area contributed by atoms with Crippen LogP contribution in [0.3, 0.4) is 0 Å². The largest absolute Gasteiger partial charge is 0.383 e. The first-order valence-corrected chi connectivity index (χ1v) is 6.62. The number of aromatic nitrogens is 1. The number of nitrogens with two attached hydrogens (primary N) is 1. The predicted octanol–water partition coefficient (Wildman–Crippen LogP) is 3.31. The van der Waals surface area contributed by atoms with Gasteiger partial charge in [0, 0.05) is 16.7 Å². The Kier molecular flexibility index (Phi) is 3.85. The molecule has 0 saturated carbocycles. The molecule has 2 aromatic rings. The quantitative estimate of drug-likeness (QED) is 0.855. The van der Waals surface area contributed by atoms with Crippen LogP contribution in [-0.2, 0) is 0 Å². The van der Waals surface area contributed by atoms with E-state index in [0.29, 0.717) is 5.56 Å². The molecule has 0 atom stereocenters. The summed E-state index contributed by atoms with van der Waals surface area (Å²) in [6.07, 6.45) is 1.63. The number of pyridine rings is 1. The molecular formula is C14H13N3S. The van der Waals surface area contributed by atoms with E-state index in [1.807, 2.05) is 18.2 Å². The van der Waals surface area contributed by atoms with Crippen LogP contribution in [0.15, 0.2) is 41.4 Å². The Morgan fingerprint density at radius 3 is 2.61 bits per heavy atom. The van der Waals surface area contributed by atoms with Gasteiger partial charge in [0.1, 0.15) is 17.5 Å². The molecule has 4 heteroatoms. The van der Waals surface area contributed by atoms with Crippen molar-refractivity contribution in [1.82, 2.24) is 4.98 Å². The topological polar surface area (TPSA) is 62.7 Å². The molecule has 0 saturated heterocycles. The molecule has 0 aliphatic carbocycles. The van der Waals surface area contributed by atoms with Crippen molar-refractivity contribution in [3.8, 4) is 17.2 Å². The van der Waals surface area contributed by atoms with Crippen LogP contribution in [0.4, 0.5) is 5.82 Å².